The van der Waals surface area contributed by atoms with Gasteiger partial charge in [-0.1, -0.05) is 11.6 Å². The van der Waals surface area contributed by atoms with Gasteiger partial charge in [-0.2, -0.15) is 0 Å². The third-order valence-corrected chi connectivity index (χ3v) is 1.96. The fourth-order valence-electron chi connectivity index (χ4n) is 1.07. The Morgan fingerprint density at radius 1 is 1.53 bits per heavy atom. The Balaban J connectivity index is 2.83. The average Bonchev–Trinajstić information content (AvgIpc) is 2.08. The van der Waals surface area contributed by atoms with Crippen molar-refractivity contribution in [2.45, 2.75) is 20.0 Å². The van der Waals surface area contributed by atoms with Gasteiger partial charge in [-0.15, -0.1) is 0 Å². The van der Waals surface area contributed by atoms with Crippen molar-refractivity contribution < 1.29 is 4.74 Å². The molecule has 0 bridgehead atoms. The van der Waals surface area contributed by atoms with E-state index in [0.717, 1.165) is 5.69 Å². The van der Waals surface area contributed by atoms with E-state index in [4.69, 9.17) is 34.3 Å². The Kier molecular flexibility index (Phi) is 4.17. The molecule has 0 unspecified atom stereocenters. The van der Waals surface area contributed by atoms with Gasteiger partial charge in [0, 0.05) is 5.69 Å². The lowest BCUT2D eigenvalue weighted by molar-refractivity contribution is 0.242. The molecule has 5 heteroatoms. The molecule has 0 aliphatic heterocycles. The number of anilines is 1. The van der Waals surface area contributed by atoms with E-state index in [9.17, 15) is 0 Å². The molecule has 15 heavy (non-hydrogen) atoms. The van der Waals surface area contributed by atoms with Gasteiger partial charge in [0.15, 0.2) is 5.11 Å². The highest BCUT2D eigenvalue weighted by Crippen LogP contribution is 2.28. The first-order valence-corrected chi connectivity index (χ1v) is 5.30. The summed E-state index contributed by atoms with van der Waals surface area (Å²) in [6.45, 7) is 3.88. The van der Waals surface area contributed by atoms with Crippen molar-refractivity contribution in [1.82, 2.24) is 0 Å². The Morgan fingerprint density at radius 2 is 2.20 bits per heavy atom. The van der Waals surface area contributed by atoms with Crippen molar-refractivity contribution >= 4 is 34.6 Å². The van der Waals surface area contributed by atoms with E-state index >= 15 is 0 Å². The molecule has 1 aromatic carbocycles. The van der Waals surface area contributed by atoms with Crippen molar-refractivity contribution in [3.8, 4) is 5.75 Å². The van der Waals surface area contributed by atoms with Crippen LogP contribution in [0.25, 0.3) is 0 Å². The molecule has 1 rings (SSSR count). The summed E-state index contributed by atoms with van der Waals surface area (Å²) >= 11 is 10.7. The number of hydrogen-bond acceptors (Lipinski definition) is 2. The predicted octanol–water partition coefficient (Wildman–Crippen LogP) is 2.78. The lowest BCUT2D eigenvalue weighted by atomic mass is 10.3. The zero-order chi connectivity index (χ0) is 11.4. The summed E-state index contributed by atoms with van der Waals surface area (Å²) < 4.78 is 5.48. The minimum absolute atomic E-state index is 0.0943. The second-order valence-corrected chi connectivity index (χ2v) is 4.15. The second-order valence-electron chi connectivity index (χ2n) is 3.30. The minimum atomic E-state index is 0.0943. The maximum absolute atomic E-state index is 6.01. The molecule has 0 aromatic heterocycles. The Labute approximate surface area is 99.6 Å². The largest absolute Gasteiger partial charge is 0.489 e. The van der Waals surface area contributed by atoms with Gasteiger partial charge in [-0.3, -0.25) is 0 Å². The number of halogens is 1. The normalized spacial score (nSPS) is 10.1. The van der Waals surface area contributed by atoms with Crippen LogP contribution in [0.15, 0.2) is 18.2 Å². The van der Waals surface area contributed by atoms with E-state index < -0.39 is 0 Å². The van der Waals surface area contributed by atoms with Gasteiger partial charge >= 0.3 is 0 Å². The van der Waals surface area contributed by atoms with Gasteiger partial charge in [-0.25, -0.2) is 0 Å². The number of hydrogen-bond donors (Lipinski definition) is 2. The molecule has 0 atom stereocenters. The lowest BCUT2D eigenvalue weighted by Crippen LogP contribution is -2.18. The van der Waals surface area contributed by atoms with E-state index in [0.29, 0.717) is 10.8 Å². The van der Waals surface area contributed by atoms with Gasteiger partial charge in [-0.05, 0) is 44.3 Å². The van der Waals surface area contributed by atoms with Crippen LogP contribution in [0, 0.1) is 0 Å². The molecule has 0 aliphatic carbocycles. The highest BCUT2D eigenvalue weighted by atomic mass is 35.5. The molecule has 0 saturated heterocycles. The third kappa shape index (κ3) is 3.93. The Hall–Kier alpha value is -1.00. The molecule has 0 saturated carbocycles. The van der Waals surface area contributed by atoms with Crippen LogP contribution in [-0.4, -0.2) is 11.2 Å². The summed E-state index contributed by atoms with van der Waals surface area (Å²) in [5.74, 6) is 0.653. The molecule has 0 heterocycles. The molecular formula is C10H13ClN2OS. The third-order valence-electron chi connectivity index (χ3n) is 1.56. The molecule has 82 valence electrons. The highest BCUT2D eigenvalue weighted by Gasteiger charge is 2.04. The lowest BCUT2D eigenvalue weighted by Gasteiger charge is -2.12. The maximum Gasteiger partial charge on any atom is 0.168 e. The summed E-state index contributed by atoms with van der Waals surface area (Å²) in [7, 11) is 0. The minimum Gasteiger partial charge on any atom is -0.489 e. The van der Waals surface area contributed by atoms with Gasteiger partial charge in [0.05, 0.1) is 11.1 Å². The van der Waals surface area contributed by atoms with Crippen molar-refractivity contribution in [3.05, 3.63) is 23.2 Å². The van der Waals surface area contributed by atoms with E-state index in [1.54, 1.807) is 12.1 Å². The van der Waals surface area contributed by atoms with Crippen LogP contribution >= 0.6 is 23.8 Å². The fraction of sp³-hybridized carbons (Fsp3) is 0.300. The first-order chi connectivity index (χ1) is 6.99. The van der Waals surface area contributed by atoms with Gasteiger partial charge in [0.2, 0.25) is 0 Å². The van der Waals surface area contributed by atoms with Crippen LogP contribution in [-0.2, 0) is 0 Å². The van der Waals surface area contributed by atoms with Crippen LogP contribution in [0.3, 0.4) is 0 Å². The number of rotatable bonds is 3. The maximum atomic E-state index is 6.01. The van der Waals surface area contributed by atoms with E-state index in [-0.39, 0.29) is 11.2 Å². The van der Waals surface area contributed by atoms with Crippen LogP contribution in [0.4, 0.5) is 5.69 Å². The van der Waals surface area contributed by atoms with Crippen LogP contribution in [0.5, 0.6) is 5.75 Å². The first-order valence-electron chi connectivity index (χ1n) is 4.51. The van der Waals surface area contributed by atoms with Crippen molar-refractivity contribution in [2.24, 2.45) is 5.73 Å². The molecule has 0 radical (unpaired) electrons. The van der Waals surface area contributed by atoms with E-state index in [1.165, 1.54) is 0 Å². The quantitative estimate of drug-likeness (QED) is 0.803. The Morgan fingerprint density at radius 3 is 2.67 bits per heavy atom. The van der Waals surface area contributed by atoms with E-state index in [2.05, 4.69) is 5.32 Å². The summed E-state index contributed by atoms with van der Waals surface area (Å²) in [5.41, 5.74) is 6.09. The molecular weight excluding hydrogens is 232 g/mol. The SMILES string of the molecule is CC(C)Oc1ccc(NC(N)=S)cc1Cl. The standard InChI is InChI=1S/C10H13ClN2OS/c1-6(2)14-9-4-3-7(5-8(9)11)13-10(12)15/h3-6H,1-2H3,(H3,12,13,15). The number of benzene rings is 1. The second kappa shape index (κ2) is 5.19. The molecule has 0 spiro atoms. The number of ether oxygens (including phenoxy) is 1. The molecule has 3 nitrogen and oxygen atoms in total. The van der Waals surface area contributed by atoms with Gasteiger partial charge in [0.1, 0.15) is 5.75 Å². The molecule has 1 aromatic rings. The van der Waals surface area contributed by atoms with E-state index in [1.807, 2.05) is 19.9 Å². The molecule has 0 aliphatic rings. The topological polar surface area (TPSA) is 47.3 Å². The van der Waals surface area contributed by atoms with Crippen LogP contribution in [0.1, 0.15) is 13.8 Å². The summed E-state index contributed by atoms with van der Waals surface area (Å²) in [5, 5.41) is 3.54. The zero-order valence-corrected chi connectivity index (χ0v) is 10.2. The molecule has 3 N–H and O–H groups in total. The summed E-state index contributed by atoms with van der Waals surface area (Å²) in [6, 6.07) is 5.31. The van der Waals surface area contributed by atoms with Crippen LogP contribution < -0.4 is 15.8 Å². The molecule has 0 amide bonds. The van der Waals surface area contributed by atoms with Gasteiger partial charge in [0.25, 0.3) is 0 Å². The predicted molar refractivity (Wildman–Crippen MR) is 67.6 cm³/mol. The Bertz CT molecular complexity index is 368. The summed E-state index contributed by atoms with van der Waals surface area (Å²) in [6.07, 6.45) is 0.0943. The fourth-order valence-corrected chi connectivity index (χ4v) is 1.41. The average molecular weight is 245 g/mol. The smallest absolute Gasteiger partial charge is 0.168 e. The van der Waals surface area contributed by atoms with Crippen molar-refractivity contribution in [1.29, 1.82) is 0 Å². The summed E-state index contributed by atoms with van der Waals surface area (Å²) in [4.78, 5) is 0. The zero-order valence-electron chi connectivity index (χ0n) is 8.58. The van der Waals surface area contributed by atoms with Crippen LogP contribution in [0.2, 0.25) is 5.02 Å². The van der Waals surface area contributed by atoms with Crippen molar-refractivity contribution in [2.75, 3.05) is 5.32 Å². The van der Waals surface area contributed by atoms with Gasteiger partial charge < -0.3 is 15.8 Å². The number of thiocarbonyl (C=S) groups is 1. The number of nitrogens with one attached hydrogen (secondary N) is 1. The molecule has 0 fully saturated rings. The number of nitrogens with two attached hydrogens (primary N) is 1. The van der Waals surface area contributed by atoms with Crippen molar-refractivity contribution in [3.63, 3.8) is 0 Å². The monoisotopic (exact) mass is 244 g/mol. The first kappa shape index (κ1) is 12.1. The highest BCUT2D eigenvalue weighted by molar-refractivity contribution is 7.80.